The first-order valence-electron chi connectivity index (χ1n) is 5.47. The first-order chi connectivity index (χ1) is 8.40. The largest absolute Gasteiger partial charge is 0.496 e. The zero-order chi connectivity index (χ0) is 13.8. The molecule has 1 N–H and O–H groups in total. The normalized spacial score (nSPS) is 10.9. The summed E-state index contributed by atoms with van der Waals surface area (Å²) < 4.78 is 6.25. The van der Waals surface area contributed by atoms with Crippen molar-refractivity contribution in [2.75, 3.05) is 13.7 Å². The van der Waals surface area contributed by atoms with E-state index in [9.17, 15) is 9.59 Å². The Morgan fingerprint density at radius 1 is 1.50 bits per heavy atom. The molecule has 0 unspecified atom stereocenters. The summed E-state index contributed by atoms with van der Waals surface area (Å²) in [6.07, 6.45) is 0.272. The van der Waals surface area contributed by atoms with Gasteiger partial charge in [-0.1, -0.05) is 29.8 Å². The summed E-state index contributed by atoms with van der Waals surface area (Å²) in [7, 11) is 1.60. The third-order valence-electron chi connectivity index (χ3n) is 2.70. The van der Waals surface area contributed by atoms with Gasteiger partial charge in [0.1, 0.15) is 5.75 Å². The fourth-order valence-corrected chi connectivity index (χ4v) is 2.02. The van der Waals surface area contributed by atoms with Crippen LogP contribution in [0.25, 0.3) is 0 Å². The van der Waals surface area contributed by atoms with E-state index in [2.05, 4.69) is 21.2 Å². The standard InChI is InChI=1S/C13H16BrNO3/c1-13(2,8-15-12(17)7-16)10-6-9(14)4-5-11(10)18-3/h4-7H,8H2,1-3H3,(H,15,17). The van der Waals surface area contributed by atoms with Crippen LogP contribution in [-0.4, -0.2) is 25.8 Å². The van der Waals surface area contributed by atoms with Crippen molar-refractivity contribution < 1.29 is 14.3 Å². The van der Waals surface area contributed by atoms with Crippen LogP contribution in [0, 0.1) is 0 Å². The number of carbonyl (C=O) groups is 2. The Morgan fingerprint density at radius 2 is 2.17 bits per heavy atom. The Bertz CT molecular complexity index is 458. The van der Waals surface area contributed by atoms with Gasteiger partial charge in [0.15, 0.2) is 0 Å². The molecule has 4 nitrogen and oxygen atoms in total. The van der Waals surface area contributed by atoms with E-state index in [-0.39, 0.29) is 11.7 Å². The van der Waals surface area contributed by atoms with Crippen LogP contribution in [0.15, 0.2) is 22.7 Å². The van der Waals surface area contributed by atoms with Gasteiger partial charge in [-0.25, -0.2) is 0 Å². The summed E-state index contributed by atoms with van der Waals surface area (Å²) >= 11 is 3.41. The number of aldehydes is 1. The monoisotopic (exact) mass is 313 g/mol. The minimum Gasteiger partial charge on any atom is -0.496 e. The molecule has 0 aliphatic heterocycles. The smallest absolute Gasteiger partial charge is 0.284 e. The summed E-state index contributed by atoms with van der Waals surface area (Å²) in [6.45, 7) is 4.31. The Kier molecular flexibility index (Phi) is 4.90. The molecule has 98 valence electrons. The number of halogens is 1. The lowest BCUT2D eigenvalue weighted by molar-refractivity contribution is -0.131. The second kappa shape index (κ2) is 6.00. The maximum Gasteiger partial charge on any atom is 0.284 e. The summed E-state index contributed by atoms with van der Waals surface area (Å²) in [5.74, 6) is 0.139. The highest BCUT2D eigenvalue weighted by atomic mass is 79.9. The van der Waals surface area contributed by atoms with Crippen LogP contribution >= 0.6 is 15.9 Å². The molecular weight excluding hydrogens is 298 g/mol. The zero-order valence-corrected chi connectivity index (χ0v) is 12.2. The molecule has 0 fully saturated rings. The van der Waals surface area contributed by atoms with Crippen molar-refractivity contribution in [1.29, 1.82) is 0 Å². The van der Waals surface area contributed by atoms with Crippen molar-refractivity contribution in [3.05, 3.63) is 28.2 Å². The average molecular weight is 314 g/mol. The van der Waals surface area contributed by atoms with E-state index < -0.39 is 5.91 Å². The van der Waals surface area contributed by atoms with Crippen LogP contribution < -0.4 is 10.1 Å². The first kappa shape index (κ1) is 14.7. The minimum atomic E-state index is -0.614. The number of hydrogen-bond acceptors (Lipinski definition) is 3. The van der Waals surface area contributed by atoms with Gasteiger partial charge in [0.2, 0.25) is 6.29 Å². The lowest BCUT2D eigenvalue weighted by Crippen LogP contribution is -2.37. The molecule has 0 saturated heterocycles. The van der Waals surface area contributed by atoms with Crippen LogP contribution in [0.5, 0.6) is 5.75 Å². The van der Waals surface area contributed by atoms with Crippen molar-refractivity contribution in [3.8, 4) is 5.75 Å². The summed E-state index contributed by atoms with van der Waals surface area (Å²) in [5.41, 5.74) is 0.624. The Balaban J connectivity index is 2.99. The number of carbonyl (C=O) groups excluding carboxylic acids is 2. The van der Waals surface area contributed by atoms with Gasteiger partial charge in [-0.15, -0.1) is 0 Å². The van der Waals surface area contributed by atoms with Gasteiger partial charge in [0.05, 0.1) is 7.11 Å². The molecular formula is C13H16BrNO3. The van der Waals surface area contributed by atoms with Crippen molar-refractivity contribution >= 4 is 28.1 Å². The second-order valence-corrected chi connectivity index (χ2v) is 5.48. The molecule has 0 aliphatic carbocycles. The third-order valence-corrected chi connectivity index (χ3v) is 3.20. The lowest BCUT2D eigenvalue weighted by Gasteiger charge is -2.27. The maximum atomic E-state index is 11.0. The first-order valence-corrected chi connectivity index (χ1v) is 6.27. The van der Waals surface area contributed by atoms with Crippen LogP contribution in [0.4, 0.5) is 0 Å². The molecule has 0 aromatic heterocycles. The van der Waals surface area contributed by atoms with Crippen LogP contribution in [0.3, 0.4) is 0 Å². The molecule has 0 aliphatic rings. The maximum absolute atomic E-state index is 11.0. The van der Waals surface area contributed by atoms with Gasteiger partial charge in [0.25, 0.3) is 5.91 Å². The van der Waals surface area contributed by atoms with E-state index in [1.807, 2.05) is 32.0 Å². The highest BCUT2D eigenvalue weighted by molar-refractivity contribution is 9.10. The average Bonchev–Trinajstić information content (AvgIpc) is 2.36. The van der Waals surface area contributed by atoms with E-state index in [4.69, 9.17) is 4.74 Å². The Hall–Kier alpha value is -1.36. The van der Waals surface area contributed by atoms with Gasteiger partial charge in [-0.05, 0) is 18.2 Å². The van der Waals surface area contributed by atoms with Gasteiger partial charge in [-0.3, -0.25) is 9.59 Å². The summed E-state index contributed by atoms with van der Waals surface area (Å²) in [5, 5.41) is 2.56. The van der Waals surface area contributed by atoms with Crippen LogP contribution in [-0.2, 0) is 15.0 Å². The predicted molar refractivity (Wildman–Crippen MR) is 72.8 cm³/mol. The molecule has 0 heterocycles. The number of methoxy groups -OCH3 is 1. The molecule has 0 radical (unpaired) electrons. The van der Waals surface area contributed by atoms with Gasteiger partial charge in [0, 0.05) is 22.0 Å². The Labute approximate surface area is 115 Å². The number of rotatable bonds is 5. The Morgan fingerprint density at radius 3 is 2.72 bits per heavy atom. The lowest BCUT2D eigenvalue weighted by atomic mass is 9.84. The van der Waals surface area contributed by atoms with Crippen molar-refractivity contribution in [2.45, 2.75) is 19.3 Å². The van der Waals surface area contributed by atoms with E-state index in [0.717, 1.165) is 15.8 Å². The third kappa shape index (κ3) is 3.57. The molecule has 0 bridgehead atoms. The van der Waals surface area contributed by atoms with Gasteiger partial charge in [-0.2, -0.15) is 0 Å². The fourth-order valence-electron chi connectivity index (χ4n) is 1.65. The van der Waals surface area contributed by atoms with Crippen LogP contribution in [0.2, 0.25) is 0 Å². The highest BCUT2D eigenvalue weighted by Gasteiger charge is 2.25. The molecule has 0 atom stereocenters. The molecule has 1 aromatic carbocycles. The van der Waals surface area contributed by atoms with Gasteiger partial charge < -0.3 is 10.1 Å². The van der Waals surface area contributed by atoms with Crippen LogP contribution in [0.1, 0.15) is 19.4 Å². The van der Waals surface area contributed by atoms with Crippen molar-refractivity contribution in [2.24, 2.45) is 0 Å². The van der Waals surface area contributed by atoms with E-state index in [1.54, 1.807) is 7.11 Å². The molecule has 1 amide bonds. The minimum absolute atomic E-state index is 0.272. The predicted octanol–water partition coefficient (Wildman–Crippen LogP) is 2.05. The quantitative estimate of drug-likeness (QED) is 0.668. The highest BCUT2D eigenvalue weighted by Crippen LogP contribution is 2.33. The molecule has 1 aromatic rings. The van der Waals surface area contributed by atoms with E-state index >= 15 is 0 Å². The SMILES string of the molecule is COc1ccc(Br)cc1C(C)(C)CNC(=O)C=O. The number of benzene rings is 1. The van der Waals surface area contributed by atoms with E-state index in [1.165, 1.54) is 0 Å². The molecule has 0 saturated carbocycles. The number of nitrogens with one attached hydrogen (secondary N) is 1. The topological polar surface area (TPSA) is 55.4 Å². The summed E-state index contributed by atoms with van der Waals surface area (Å²) in [6, 6.07) is 5.71. The van der Waals surface area contributed by atoms with Gasteiger partial charge >= 0.3 is 0 Å². The second-order valence-electron chi connectivity index (χ2n) is 4.56. The fraction of sp³-hybridized carbons (Fsp3) is 0.385. The number of hydrogen-bond donors (Lipinski definition) is 1. The number of ether oxygens (including phenoxy) is 1. The number of amides is 1. The molecule has 5 heteroatoms. The molecule has 18 heavy (non-hydrogen) atoms. The van der Waals surface area contributed by atoms with E-state index in [0.29, 0.717) is 6.54 Å². The van der Waals surface area contributed by atoms with Crippen molar-refractivity contribution in [3.63, 3.8) is 0 Å². The molecule has 0 spiro atoms. The zero-order valence-electron chi connectivity index (χ0n) is 10.6. The summed E-state index contributed by atoms with van der Waals surface area (Å²) in [4.78, 5) is 21.3. The molecule has 1 rings (SSSR count). The van der Waals surface area contributed by atoms with Crippen molar-refractivity contribution in [1.82, 2.24) is 5.32 Å².